The number of nitrogens with zero attached hydrogens (tertiary/aromatic N) is 2. The number of hydrogen-bond acceptors (Lipinski definition) is 4. The molecule has 0 atom stereocenters. The predicted molar refractivity (Wildman–Crippen MR) is 184 cm³/mol. The van der Waals surface area contributed by atoms with Gasteiger partial charge >= 0.3 is 0 Å². The minimum Gasteiger partial charge on any atom is -0.456 e. The Morgan fingerprint density at radius 1 is 0.477 bits per heavy atom. The first kappa shape index (κ1) is 25.0. The van der Waals surface area contributed by atoms with Gasteiger partial charge in [0, 0.05) is 32.0 Å². The molecule has 3 aromatic heterocycles. The molecule has 0 fully saturated rings. The van der Waals surface area contributed by atoms with Crippen molar-refractivity contribution >= 4 is 53.6 Å². The van der Waals surface area contributed by atoms with Crippen LogP contribution in [0.4, 0.5) is 0 Å². The van der Waals surface area contributed by atoms with Gasteiger partial charge in [-0.1, -0.05) is 121 Å². The summed E-state index contributed by atoms with van der Waals surface area (Å²) in [4.78, 5) is 10.5. The smallest absolute Gasteiger partial charge is 0.161 e. The molecule has 0 N–H and O–H groups in total. The van der Waals surface area contributed by atoms with E-state index in [1.165, 1.54) is 15.8 Å². The van der Waals surface area contributed by atoms with Crippen LogP contribution >= 0.6 is 11.3 Å². The van der Waals surface area contributed by atoms with Gasteiger partial charge in [0.25, 0.3) is 0 Å². The maximum Gasteiger partial charge on any atom is 0.161 e. The van der Waals surface area contributed by atoms with Crippen LogP contribution in [0.5, 0.6) is 0 Å². The lowest BCUT2D eigenvalue weighted by Crippen LogP contribution is -1.94. The summed E-state index contributed by atoms with van der Waals surface area (Å²) in [5.74, 6) is 0.700. The van der Waals surface area contributed by atoms with E-state index in [0.29, 0.717) is 5.82 Å². The van der Waals surface area contributed by atoms with E-state index in [2.05, 4.69) is 121 Å². The SMILES string of the molecule is c1ccc(-c2ccc(-c3ccc4oc5cccc(-c6nc(-c7ccccc7)c7sc8ccccc8c7n6)c5c4c3)cc2)cc1. The fraction of sp³-hybridized carbons (Fsp3) is 0. The summed E-state index contributed by atoms with van der Waals surface area (Å²) in [6.07, 6.45) is 0. The maximum absolute atomic E-state index is 6.39. The van der Waals surface area contributed by atoms with Crippen LogP contribution in [0.25, 0.3) is 87.1 Å². The summed E-state index contributed by atoms with van der Waals surface area (Å²) in [6, 6.07) is 50.8. The largest absolute Gasteiger partial charge is 0.456 e. The molecule has 0 saturated heterocycles. The number of benzene rings is 6. The van der Waals surface area contributed by atoms with Gasteiger partial charge in [-0.25, -0.2) is 9.97 Å². The Labute approximate surface area is 257 Å². The highest BCUT2D eigenvalue weighted by Gasteiger charge is 2.20. The summed E-state index contributed by atoms with van der Waals surface area (Å²) in [6.45, 7) is 0. The molecule has 6 aromatic carbocycles. The molecule has 0 bridgehead atoms. The Bertz CT molecular complexity index is 2480. The average Bonchev–Trinajstić information content (AvgIpc) is 3.67. The van der Waals surface area contributed by atoms with Crippen molar-refractivity contribution < 1.29 is 4.42 Å². The van der Waals surface area contributed by atoms with Crippen molar-refractivity contribution in [3.05, 3.63) is 146 Å². The van der Waals surface area contributed by atoms with Crippen molar-refractivity contribution in [3.63, 3.8) is 0 Å². The van der Waals surface area contributed by atoms with E-state index in [9.17, 15) is 0 Å². The van der Waals surface area contributed by atoms with Crippen LogP contribution in [0.3, 0.4) is 0 Å². The predicted octanol–water partition coefficient (Wildman–Crippen LogP) is 11.4. The van der Waals surface area contributed by atoms with Crippen LogP contribution < -0.4 is 0 Å². The van der Waals surface area contributed by atoms with Gasteiger partial charge in [0.05, 0.1) is 15.9 Å². The number of rotatable bonds is 4. The van der Waals surface area contributed by atoms with Crippen molar-refractivity contribution in [3.8, 4) is 44.9 Å². The molecular weight excluding hydrogens is 557 g/mol. The minimum atomic E-state index is 0.700. The Balaban J connectivity index is 1.25. The molecule has 0 saturated carbocycles. The van der Waals surface area contributed by atoms with Crippen LogP contribution in [-0.2, 0) is 0 Å². The first-order chi connectivity index (χ1) is 21.8. The van der Waals surface area contributed by atoms with Crippen molar-refractivity contribution in [2.24, 2.45) is 0 Å². The summed E-state index contributed by atoms with van der Waals surface area (Å²) in [7, 11) is 0. The number of thiophene rings is 1. The Morgan fingerprint density at radius 3 is 1.93 bits per heavy atom. The zero-order chi connectivity index (χ0) is 29.0. The molecule has 206 valence electrons. The second kappa shape index (κ2) is 10.0. The van der Waals surface area contributed by atoms with Crippen LogP contribution in [0.2, 0.25) is 0 Å². The van der Waals surface area contributed by atoms with Gasteiger partial charge in [-0.3, -0.25) is 0 Å². The quantitative estimate of drug-likeness (QED) is 0.208. The van der Waals surface area contributed by atoms with Crippen molar-refractivity contribution in [2.45, 2.75) is 0 Å². The fourth-order valence-corrected chi connectivity index (χ4v) is 7.34. The van der Waals surface area contributed by atoms with E-state index in [0.717, 1.165) is 65.5 Å². The summed E-state index contributed by atoms with van der Waals surface area (Å²) in [5, 5.41) is 3.24. The molecule has 0 spiro atoms. The van der Waals surface area contributed by atoms with E-state index < -0.39 is 0 Å². The fourth-order valence-electron chi connectivity index (χ4n) is 6.18. The van der Waals surface area contributed by atoms with E-state index >= 15 is 0 Å². The zero-order valence-corrected chi connectivity index (χ0v) is 24.4. The number of furan rings is 1. The minimum absolute atomic E-state index is 0.700. The molecule has 4 heteroatoms. The van der Waals surface area contributed by atoms with Crippen LogP contribution in [0.15, 0.2) is 150 Å². The molecule has 44 heavy (non-hydrogen) atoms. The Hall–Kier alpha value is -5.58. The highest BCUT2D eigenvalue weighted by atomic mass is 32.1. The molecule has 0 unspecified atom stereocenters. The summed E-state index contributed by atoms with van der Waals surface area (Å²) in [5.41, 5.74) is 10.4. The molecule has 0 radical (unpaired) electrons. The summed E-state index contributed by atoms with van der Waals surface area (Å²) >= 11 is 1.75. The molecule has 3 heterocycles. The third-order valence-electron chi connectivity index (χ3n) is 8.33. The molecule has 3 nitrogen and oxygen atoms in total. The van der Waals surface area contributed by atoms with Crippen LogP contribution in [0.1, 0.15) is 0 Å². The van der Waals surface area contributed by atoms with Gasteiger partial charge in [0.1, 0.15) is 11.2 Å². The topological polar surface area (TPSA) is 38.9 Å². The lowest BCUT2D eigenvalue weighted by Gasteiger charge is -2.08. The van der Waals surface area contributed by atoms with Crippen LogP contribution in [0, 0.1) is 0 Å². The third-order valence-corrected chi connectivity index (χ3v) is 9.50. The number of fused-ring (bicyclic) bond motifs is 6. The number of hydrogen-bond donors (Lipinski definition) is 0. The maximum atomic E-state index is 6.39. The summed E-state index contributed by atoms with van der Waals surface area (Å²) < 4.78 is 8.70. The van der Waals surface area contributed by atoms with Gasteiger partial charge in [-0.15, -0.1) is 11.3 Å². The number of aromatic nitrogens is 2. The molecular formula is C40H24N2OS. The normalized spacial score (nSPS) is 11.6. The zero-order valence-electron chi connectivity index (χ0n) is 23.6. The molecule has 0 aliphatic rings. The van der Waals surface area contributed by atoms with Crippen molar-refractivity contribution in [2.75, 3.05) is 0 Å². The lowest BCUT2D eigenvalue weighted by atomic mass is 9.98. The lowest BCUT2D eigenvalue weighted by molar-refractivity contribution is 0.669. The van der Waals surface area contributed by atoms with E-state index in [-0.39, 0.29) is 0 Å². The molecule has 9 aromatic rings. The standard InChI is InChI=1S/C40H24N2OS/c1-3-10-25(11-4-1)26-18-20-27(21-19-26)29-22-23-33-32(24-29)36-31(15-9-16-34(36)43-33)40-41-37(28-12-5-2-6-13-28)39-38(42-40)30-14-7-8-17-35(30)44-39/h1-24H. The van der Waals surface area contributed by atoms with E-state index in [1.54, 1.807) is 11.3 Å². The highest BCUT2D eigenvalue weighted by molar-refractivity contribution is 7.26. The van der Waals surface area contributed by atoms with Gasteiger partial charge in [-0.05, 0) is 46.5 Å². The van der Waals surface area contributed by atoms with Gasteiger partial charge < -0.3 is 4.42 Å². The monoisotopic (exact) mass is 580 g/mol. The van der Waals surface area contributed by atoms with Gasteiger partial charge in [0.2, 0.25) is 0 Å². The van der Waals surface area contributed by atoms with Gasteiger partial charge in [0.15, 0.2) is 5.82 Å². The first-order valence-electron chi connectivity index (χ1n) is 14.7. The van der Waals surface area contributed by atoms with E-state index in [4.69, 9.17) is 14.4 Å². The molecule has 9 rings (SSSR count). The second-order valence-electron chi connectivity index (χ2n) is 11.0. The van der Waals surface area contributed by atoms with Crippen LogP contribution in [-0.4, -0.2) is 9.97 Å². The highest BCUT2D eigenvalue weighted by Crippen LogP contribution is 2.42. The second-order valence-corrected chi connectivity index (χ2v) is 12.0. The third kappa shape index (κ3) is 4.03. The van der Waals surface area contributed by atoms with E-state index in [1.807, 2.05) is 24.3 Å². The van der Waals surface area contributed by atoms with Crippen molar-refractivity contribution in [1.29, 1.82) is 0 Å². The molecule has 0 aliphatic carbocycles. The van der Waals surface area contributed by atoms with Crippen molar-refractivity contribution in [1.82, 2.24) is 9.97 Å². The average molecular weight is 581 g/mol. The first-order valence-corrected chi connectivity index (χ1v) is 15.5. The Kier molecular flexibility index (Phi) is 5.68. The van der Waals surface area contributed by atoms with Gasteiger partial charge in [-0.2, -0.15) is 0 Å². The molecule has 0 amide bonds. The molecule has 0 aliphatic heterocycles. The Morgan fingerprint density at radius 2 is 1.14 bits per heavy atom.